The molecule has 0 radical (unpaired) electrons. The summed E-state index contributed by atoms with van der Waals surface area (Å²) in [5.74, 6) is 0.192. The summed E-state index contributed by atoms with van der Waals surface area (Å²) < 4.78 is 5.89. The lowest BCUT2D eigenvalue weighted by Crippen LogP contribution is -2.49. The molecule has 0 saturated carbocycles. The maximum atomic E-state index is 13.1. The number of hydrogen-bond acceptors (Lipinski definition) is 3. The summed E-state index contributed by atoms with van der Waals surface area (Å²) in [6, 6.07) is 20.2. The molecule has 162 valence electrons. The molecule has 0 unspecified atom stereocenters. The molecule has 0 aliphatic rings. The van der Waals surface area contributed by atoms with Gasteiger partial charge in [0.25, 0.3) is 5.91 Å². The van der Waals surface area contributed by atoms with E-state index >= 15 is 0 Å². The number of nitrogens with zero attached hydrogens (tertiary/aromatic N) is 1. The number of fused-ring (bicyclic) bond motifs is 1. The highest BCUT2D eigenvalue weighted by Gasteiger charge is 2.26. The van der Waals surface area contributed by atoms with Crippen molar-refractivity contribution < 1.29 is 14.3 Å². The number of nitrogens with one attached hydrogen (secondary N) is 1. The Morgan fingerprint density at radius 1 is 1.03 bits per heavy atom. The van der Waals surface area contributed by atoms with E-state index in [-0.39, 0.29) is 25.0 Å². The second-order valence-corrected chi connectivity index (χ2v) is 7.82. The molecule has 0 aliphatic carbocycles. The first-order valence-corrected chi connectivity index (χ1v) is 10.8. The number of halogens is 1. The van der Waals surface area contributed by atoms with Crippen LogP contribution in [0.4, 0.5) is 0 Å². The van der Waals surface area contributed by atoms with Crippen molar-refractivity contribution in [3.8, 4) is 5.75 Å². The van der Waals surface area contributed by atoms with Gasteiger partial charge < -0.3 is 15.0 Å². The summed E-state index contributed by atoms with van der Waals surface area (Å²) in [4.78, 5) is 27.3. The Bertz CT molecular complexity index is 1030. The van der Waals surface area contributed by atoms with Crippen LogP contribution in [0.1, 0.15) is 25.8 Å². The van der Waals surface area contributed by atoms with Crippen LogP contribution >= 0.6 is 11.6 Å². The maximum Gasteiger partial charge on any atom is 0.261 e. The number of carbonyl (C=O) groups excluding carboxylic acids is 2. The Labute approximate surface area is 188 Å². The number of amides is 2. The molecule has 0 fully saturated rings. The Morgan fingerprint density at radius 3 is 2.48 bits per heavy atom. The summed E-state index contributed by atoms with van der Waals surface area (Å²) in [5, 5.41) is 5.47. The van der Waals surface area contributed by atoms with Gasteiger partial charge in [-0.2, -0.15) is 0 Å². The van der Waals surface area contributed by atoms with Crippen LogP contribution in [0.3, 0.4) is 0 Å². The van der Waals surface area contributed by atoms with Crippen molar-refractivity contribution in [3.63, 3.8) is 0 Å². The van der Waals surface area contributed by atoms with Gasteiger partial charge >= 0.3 is 0 Å². The topological polar surface area (TPSA) is 58.6 Å². The number of ether oxygens (including phenoxy) is 1. The molecule has 2 amide bonds. The van der Waals surface area contributed by atoms with Gasteiger partial charge in [0.15, 0.2) is 6.61 Å². The lowest BCUT2D eigenvalue weighted by molar-refractivity contribution is -0.142. The van der Waals surface area contributed by atoms with Gasteiger partial charge in [-0.15, -0.1) is 0 Å². The fourth-order valence-corrected chi connectivity index (χ4v) is 3.43. The molecule has 3 aromatic carbocycles. The van der Waals surface area contributed by atoms with E-state index in [1.807, 2.05) is 61.5 Å². The molecular weight excluding hydrogens is 412 g/mol. The van der Waals surface area contributed by atoms with Gasteiger partial charge in [-0.1, -0.05) is 67.1 Å². The summed E-state index contributed by atoms with van der Waals surface area (Å²) in [6.07, 6.45) is 0.827. The largest absolute Gasteiger partial charge is 0.483 e. The molecule has 1 N–H and O–H groups in total. The summed E-state index contributed by atoms with van der Waals surface area (Å²) in [7, 11) is 0. The standard InChI is InChI=1S/C25H27ClN2O3/c1-3-15-27-25(30)18(2)28(16-19-11-13-21(26)14-12-19)24(29)17-31-23-10-6-8-20-7-4-5-9-22(20)23/h4-14,18H,3,15-17H2,1-2H3,(H,27,30)/t18-/m0/s1. The minimum atomic E-state index is -0.633. The first-order chi connectivity index (χ1) is 15.0. The molecule has 3 aromatic rings. The van der Waals surface area contributed by atoms with Crippen molar-refractivity contribution in [3.05, 3.63) is 77.3 Å². The summed E-state index contributed by atoms with van der Waals surface area (Å²) in [6.45, 7) is 4.41. The summed E-state index contributed by atoms with van der Waals surface area (Å²) in [5.41, 5.74) is 0.887. The number of carbonyl (C=O) groups is 2. The molecule has 1 atom stereocenters. The van der Waals surface area contributed by atoms with E-state index in [0.29, 0.717) is 17.3 Å². The van der Waals surface area contributed by atoms with Crippen LogP contribution < -0.4 is 10.1 Å². The number of hydrogen-bond donors (Lipinski definition) is 1. The average Bonchev–Trinajstić information content (AvgIpc) is 2.80. The molecule has 0 bridgehead atoms. The highest BCUT2D eigenvalue weighted by Crippen LogP contribution is 2.25. The zero-order chi connectivity index (χ0) is 22.2. The highest BCUT2D eigenvalue weighted by atomic mass is 35.5. The monoisotopic (exact) mass is 438 g/mol. The average molecular weight is 439 g/mol. The Hall–Kier alpha value is -3.05. The third kappa shape index (κ3) is 5.98. The van der Waals surface area contributed by atoms with Crippen LogP contribution in [-0.4, -0.2) is 35.9 Å². The number of benzene rings is 3. The van der Waals surface area contributed by atoms with Crippen molar-refractivity contribution in [1.29, 1.82) is 0 Å². The smallest absolute Gasteiger partial charge is 0.261 e. The van der Waals surface area contributed by atoms with Crippen LogP contribution in [0.25, 0.3) is 10.8 Å². The van der Waals surface area contributed by atoms with Gasteiger partial charge in [-0.05, 0) is 42.5 Å². The zero-order valence-electron chi connectivity index (χ0n) is 17.8. The Kier molecular flexibility index (Phi) is 7.90. The van der Waals surface area contributed by atoms with E-state index in [1.165, 1.54) is 0 Å². The van der Waals surface area contributed by atoms with Crippen LogP contribution in [0.2, 0.25) is 5.02 Å². The SMILES string of the molecule is CCCNC(=O)[C@H](C)N(Cc1ccc(Cl)cc1)C(=O)COc1cccc2ccccc12. The minimum absolute atomic E-state index is 0.160. The summed E-state index contributed by atoms with van der Waals surface area (Å²) >= 11 is 5.98. The van der Waals surface area contributed by atoms with E-state index in [0.717, 1.165) is 22.8 Å². The van der Waals surface area contributed by atoms with Crippen molar-refractivity contribution >= 4 is 34.2 Å². The number of rotatable bonds is 9. The van der Waals surface area contributed by atoms with Gasteiger partial charge in [-0.25, -0.2) is 0 Å². The third-order valence-corrected chi connectivity index (χ3v) is 5.34. The first kappa shape index (κ1) is 22.6. The van der Waals surface area contributed by atoms with Crippen LogP contribution in [0.15, 0.2) is 66.7 Å². The van der Waals surface area contributed by atoms with Gasteiger partial charge in [0, 0.05) is 23.5 Å². The van der Waals surface area contributed by atoms with Gasteiger partial charge in [0.05, 0.1) is 0 Å². The van der Waals surface area contributed by atoms with Gasteiger partial charge in [0.1, 0.15) is 11.8 Å². The van der Waals surface area contributed by atoms with Crippen molar-refractivity contribution in [2.45, 2.75) is 32.9 Å². The fraction of sp³-hybridized carbons (Fsp3) is 0.280. The van der Waals surface area contributed by atoms with E-state index in [1.54, 1.807) is 24.0 Å². The van der Waals surface area contributed by atoms with Crippen molar-refractivity contribution in [1.82, 2.24) is 10.2 Å². The molecule has 3 rings (SSSR count). The minimum Gasteiger partial charge on any atom is -0.483 e. The predicted octanol–water partition coefficient (Wildman–Crippen LogP) is 4.82. The highest BCUT2D eigenvalue weighted by molar-refractivity contribution is 6.30. The maximum absolute atomic E-state index is 13.1. The lowest BCUT2D eigenvalue weighted by atomic mass is 10.1. The van der Waals surface area contributed by atoms with Crippen molar-refractivity contribution in [2.75, 3.05) is 13.2 Å². The van der Waals surface area contributed by atoms with E-state index < -0.39 is 6.04 Å². The van der Waals surface area contributed by atoms with E-state index in [4.69, 9.17) is 16.3 Å². The second kappa shape index (κ2) is 10.8. The quantitative estimate of drug-likeness (QED) is 0.521. The van der Waals surface area contributed by atoms with Crippen LogP contribution in [0.5, 0.6) is 5.75 Å². The fourth-order valence-electron chi connectivity index (χ4n) is 3.31. The molecule has 0 aromatic heterocycles. The molecule has 6 heteroatoms. The van der Waals surface area contributed by atoms with E-state index in [2.05, 4.69) is 5.32 Å². The normalized spacial score (nSPS) is 11.7. The predicted molar refractivity (Wildman–Crippen MR) is 124 cm³/mol. The third-order valence-electron chi connectivity index (χ3n) is 5.08. The molecule has 5 nitrogen and oxygen atoms in total. The second-order valence-electron chi connectivity index (χ2n) is 7.38. The van der Waals surface area contributed by atoms with Gasteiger partial charge in [-0.3, -0.25) is 9.59 Å². The van der Waals surface area contributed by atoms with E-state index in [9.17, 15) is 9.59 Å². The lowest BCUT2D eigenvalue weighted by Gasteiger charge is -2.28. The Morgan fingerprint density at radius 2 is 1.74 bits per heavy atom. The molecular formula is C25H27ClN2O3. The molecule has 0 heterocycles. The molecule has 0 saturated heterocycles. The van der Waals surface area contributed by atoms with Crippen LogP contribution in [0, 0.1) is 0 Å². The molecule has 31 heavy (non-hydrogen) atoms. The van der Waals surface area contributed by atoms with Crippen LogP contribution in [-0.2, 0) is 16.1 Å². The first-order valence-electron chi connectivity index (χ1n) is 10.4. The molecule has 0 aliphatic heterocycles. The zero-order valence-corrected chi connectivity index (χ0v) is 18.6. The van der Waals surface area contributed by atoms with Gasteiger partial charge in [0.2, 0.25) is 5.91 Å². The Balaban J connectivity index is 1.77. The molecule has 0 spiro atoms. The van der Waals surface area contributed by atoms with Crippen molar-refractivity contribution in [2.24, 2.45) is 0 Å².